The Balaban J connectivity index is 1.81. The van der Waals surface area contributed by atoms with Gasteiger partial charge in [0.15, 0.2) is 0 Å². The molecule has 3 rings (SSSR count). The van der Waals surface area contributed by atoms with E-state index in [1.165, 1.54) is 11.1 Å². The van der Waals surface area contributed by atoms with E-state index < -0.39 is 0 Å². The predicted molar refractivity (Wildman–Crippen MR) is 99.8 cm³/mol. The normalized spacial score (nSPS) is 19.8. The average Bonchev–Trinajstić information content (AvgIpc) is 2.98. The summed E-state index contributed by atoms with van der Waals surface area (Å²) in [6.45, 7) is 10.6. The van der Waals surface area contributed by atoms with Gasteiger partial charge < -0.3 is 20.2 Å². The SMILES string of the molecule is C=C(NC1CCC(=O)NC1=C)c1cc2c(cc1COC)CN(CC=O)C2. The minimum absolute atomic E-state index is 0.00605. The van der Waals surface area contributed by atoms with Crippen LogP contribution in [0.1, 0.15) is 35.1 Å². The molecule has 1 aromatic carbocycles. The lowest BCUT2D eigenvalue weighted by Gasteiger charge is -2.28. The van der Waals surface area contributed by atoms with E-state index in [4.69, 9.17) is 4.74 Å². The van der Waals surface area contributed by atoms with Gasteiger partial charge in [-0.3, -0.25) is 9.69 Å². The van der Waals surface area contributed by atoms with Gasteiger partial charge in [-0.15, -0.1) is 0 Å². The second kappa shape index (κ2) is 7.85. The summed E-state index contributed by atoms with van der Waals surface area (Å²) in [6.07, 6.45) is 2.10. The molecule has 1 atom stereocenters. The number of methoxy groups -OCH3 is 1. The van der Waals surface area contributed by atoms with Crippen LogP contribution in [-0.2, 0) is 34.0 Å². The van der Waals surface area contributed by atoms with Crippen LogP contribution in [0.15, 0.2) is 31.0 Å². The molecule has 1 fully saturated rings. The Bertz CT molecular complexity index is 757. The highest BCUT2D eigenvalue weighted by molar-refractivity contribution is 5.79. The van der Waals surface area contributed by atoms with Crippen molar-refractivity contribution in [2.24, 2.45) is 0 Å². The average molecular weight is 355 g/mol. The van der Waals surface area contributed by atoms with E-state index >= 15 is 0 Å². The first-order chi connectivity index (χ1) is 12.5. The molecule has 26 heavy (non-hydrogen) atoms. The maximum atomic E-state index is 11.5. The molecule has 1 unspecified atom stereocenters. The number of carbonyl (C=O) groups is 2. The third-order valence-electron chi connectivity index (χ3n) is 4.90. The summed E-state index contributed by atoms with van der Waals surface area (Å²) >= 11 is 0. The number of hydrogen-bond acceptors (Lipinski definition) is 5. The second-order valence-electron chi connectivity index (χ2n) is 6.83. The first kappa shape index (κ1) is 18.4. The van der Waals surface area contributed by atoms with Crippen molar-refractivity contribution in [1.29, 1.82) is 0 Å². The van der Waals surface area contributed by atoms with E-state index in [0.29, 0.717) is 31.7 Å². The number of hydrogen-bond donors (Lipinski definition) is 2. The number of rotatable bonds is 7. The maximum absolute atomic E-state index is 11.5. The Hall–Kier alpha value is -2.44. The Kier molecular flexibility index (Phi) is 5.54. The van der Waals surface area contributed by atoms with Crippen LogP contribution in [0, 0.1) is 0 Å². The van der Waals surface area contributed by atoms with Gasteiger partial charge in [-0.25, -0.2) is 0 Å². The lowest BCUT2D eigenvalue weighted by molar-refractivity contribution is -0.121. The number of carbonyl (C=O) groups excluding carboxylic acids is 2. The Morgan fingerprint density at radius 1 is 1.42 bits per heavy atom. The first-order valence-corrected chi connectivity index (χ1v) is 8.76. The van der Waals surface area contributed by atoms with Gasteiger partial charge in [0, 0.05) is 43.6 Å². The molecule has 1 saturated heterocycles. The van der Waals surface area contributed by atoms with Crippen molar-refractivity contribution < 1.29 is 14.3 Å². The zero-order chi connectivity index (χ0) is 18.7. The molecule has 0 spiro atoms. The van der Waals surface area contributed by atoms with Gasteiger partial charge in [-0.2, -0.15) is 0 Å². The molecule has 2 aliphatic rings. The third kappa shape index (κ3) is 3.86. The van der Waals surface area contributed by atoms with Crippen molar-refractivity contribution in [3.63, 3.8) is 0 Å². The number of aldehydes is 1. The number of ether oxygens (including phenoxy) is 1. The third-order valence-corrected chi connectivity index (χ3v) is 4.90. The summed E-state index contributed by atoms with van der Waals surface area (Å²) in [5, 5.41) is 6.18. The predicted octanol–water partition coefficient (Wildman–Crippen LogP) is 1.70. The summed E-state index contributed by atoms with van der Waals surface area (Å²) in [6, 6.07) is 4.24. The highest BCUT2D eigenvalue weighted by Gasteiger charge is 2.24. The van der Waals surface area contributed by atoms with Crippen molar-refractivity contribution in [2.45, 2.75) is 38.6 Å². The quantitative estimate of drug-likeness (QED) is 0.729. The zero-order valence-electron chi connectivity index (χ0n) is 15.1. The van der Waals surface area contributed by atoms with E-state index in [0.717, 1.165) is 36.2 Å². The van der Waals surface area contributed by atoms with Crippen LogP contribution in [0.3, 0.4) is 0 Å². The van der Waals surface area contributed by atoms with Gasteiger partial charge >= 0.3 is 0 Å². The number of nitrogens with zero attached hydrogens (tertiary/aromatic N) is 1. The molecule has 1 amide bonds. The van der Waals surface area contributed by atoms with E-state index in [-0.39, 0.29) is 11.9 Å². The van der Waals surface area contributed by atoms with Gasteiger partial charge in [0.25, 0.3) is 0 Å². The molecule has 2 N–H and O–H groups in total. The van der Waals surface area contributed by atoms with Gasteiger partial charge in [-0.1, -0.05) is 19.2 Å². The number of nitrogens with one attached hydrogen (secondary N) is 2. The lowest BCUT2D eigenvalue weighted by atomic mass is 9.97. The topological polar surface area (TPSA) is 70.7 Å². The molecule has 6 nitrogen and oxygen atoms in total. The van der Waals surface area contributed by atoms with Gasteiger partial charge in [-0.05, 0) is 29.2 Å². The van der Waals surface area contributed by atoms with Crippen molar-refractivity contribution in [2.75, 3.05) is 13.7 Å². The van der Waals surface area contributed by atoms with E-state index in [2.05, 4.69) is 40.8 Å². The largest absolute Gasteiger partial charge is 0.380 e. The fraction of sp³-hybridized carbons (Fsp3) is 0.400. The highest BCUT2D eigenvalue weighted by Crippen LogP contribution is 2.29. The monoisotopic (exact) mass is 355 g/mol. The second-order valence-corrected chi connectivity index (χ2v) is 6.83. The van der Waals surface area contributed by atoms with Gasteiger partial charge in [0.1, 0.15) is 6.29 Å². The zero-order valence-corrected chi connectivity index (χ0v) is 15.1. The summed E-state index contributed by atoms with van der Waals surface area (Å²) < 4.78 is 5.36. The Morgan fingerprint density at radius 2 is 2.15 bits per heavy atom. The molecule has 0 aromatic heterocycles. The number of fused-ring (bicyclic) bond motifs is 1. The fourth-order valence-corrected chi connectivity index (χ4v) is 3.59. The van der Waals surface area contributed by atoms with Crippen molar-refractivity contribution >= 4 is 17.9 Å². The molecule has 0 aliphatic carbocycles. The van der Waals surface area contributed by atoms with Crippen molar-refractivity contribution in [3.8, 4) is 0 Å². The van der Waals surface area contributed by atoms with E-state index in [9.17, 15) is 9.59 Å². The van der Waals surface area contributed by atoms with Crippen molar-refractivity contribution in [3.05, 3.63) is 53.2 Å². The van der Waals surface area contributed by atoms with E-state index in [1.807, 2.05) is 0 Å². The van der Waals surface area contributed by atoms with Crippen LogP contribution >= 0.6 is 0 Å². The summed E-state index contributed by atoms with van der Waals surface area (Å²) in [4.78, 5) is 24.4. The molecule has 6 heteroatoms. The molecular formula is C20H25N3O3. The number of piperidine rings is 1. The Labute approximate surface area is 153 Å². The first-order valence-electron chi connectivity index (χ1n) is 8.76. The highest BCUT2D eigenvalue weighted by atomic mass is 16.5. The summed E-state index contributed by atoms with van der Waals surface area (Å²) in [5.41, 5.74) is 5.96. The molecule has 138 valence electrons. The molecule has 2 heterocycles. The minimum Gasteiger partial charge on any atom is -0.380 e. The van der Waals surface area contributed by atoms with Crippen LogP contribution in [0.2, 0.25) is 0 Å². The van der Waals surface area contributed by atoms with Crippen LogP contribution in [-0.4, -0.2) is 36.8 Å². The van der Waals surface area contributed by atoms with Gasteiger partial charge in [0.2, 0.25) is 5.91 Å². The summed E-state index contributed by atoms with van der Waals surface area (Å²) in [7, 11) is 1.67. The molecule has 2 aliphatic heterocycles. The van der Waals surface area contributed by atoms with Crippen LogP contribution in [0.4, 0.5) is 0 Å². The standard InChI is InChI=1S/C20H25N3O3/c1-13(21-19-4-5-20(25)22-14(19)2)18-9-16-11-23(6-7-24)10-15(16)8-17(18)12-26-3/h7-9,19,21H,1-2,4-6,10-12H2,3H3,(H,22,25). The smallest absolute Gasteiger partial charge is 0.224 e. The minimum atomic E-state index is -0.0320. The lowest BCUT2D eigenvalue weighted by Crippen LogP contribution is -2.42. The van der Waals surface area contributed by atoms with Gasteiger partial charge in [0.05, 0.1) is 19.2 Å². The molecule has 0 radical (unpaired) electrons. The molecule has 1 aromatic rings. The molecule has 0 bridgehead atoms. The fourth-order valence-electron chi connectivity index (χ4n) is 3.59. The van der Waals surface area contributed by atoms with Crippen LogP contribution in [0.25, 0.3) is 5.70 Å². The van der Waals surface area contributed by atoms with E-state index in [1.54, 1.807) is 7.11 Å². The van der Waals surface area contributed by atoms with Crippen LogP contribution < -0.4 is 10.6 Å². The maximum Gasteiger partial charge on any atom is 0.224 e. The van der Waals surface area contributed by atoms with Crippen LogP contribution in [0.5, 0.6) is 0 Å². The summed E-state index contributed by atoms with van der Waals surface area (Å²) in [5.74, 6) is 0.00605. The van der Waals surface area contributed by atoms with Crippen molar-refractivity contribution in [1.82, 2.24) is 15.5 Å². The number of benzene rings is 1. The molecule has 0 saturated carbocycles. The Morgan fingerprint density at radius 3 is 2.81 bits per heavy atom. The number of amides is 1. The molecular weight excluding hydrogens is 330 g/mol.